The van der Waals surface area contributed by atoms with E-state index in [9.17, 15) is 22.0 Å². The molecule has 168 valence electrons. The summed E-state index contributed by atoms with van der Waals surface area (Å²) >= 11 is 0. The molecule has 4 aromatic rings. The van der Waals surface area contributed by atoms with Crippen LogP contribution >= 0.6 is 0 Å². The summed E-state index contributed by atoms with van der Waals surface area (Å²) in [5, 5.41) is 2.52. The molecule has 0 saturated carbocycles. The van der Waals surface area contributed by atoms with Crippen molar-refractivity contribution in [2.75, 3.05) is 11.4 Å². The van der Waals surface area contributed by atoms with Crippen LogP contribution in [-0.2, 0) is 10.0 Å². The second-order valence-corrected chi connectivity index (χ2v) is 8.71. The summed E-state index contributed by atoms with van der Waals surface area (Å²) in [5.41, 5.74) is 0.958. The average Bonchev–Trinajstić information content (AvgIpc) is 2.82. The summed E-state index contributed by atoms with van der Waals surface area (Å²) in [6, 6.07) is 14.6. The molecule has 10 heteroatoms. The van der Waals surface area contributed by atoms with Crippen LogP contribution in [0.2, 0.25) is 0 Å². The highest BCUT2D eigenvalue weighted by atomic mass is 32.2. The zero-order chi connectivity index (χ0) is 23.4. The first kappa shape index (κ1) is 22.3. The van der Waals surface area contributed by atoms with Gasteiger partial charge in [0.05, 0.1) is 22.8 Å². The van der Waals surface area contributed by atoms with Crippen molar-refractivity contribution >= 4 is 32.7 Å². The Hall–Kier alpha value is -3.92. The number of carbonyl (C=O) groups excluding carboxylic acids is 1. The maximum absolute atomic E-state index is 13.6. The molecular formula is C23H18F2N4O3S. The van der Waals surface area contributed by atoms with Crippen LogP contribution in [0.4, 0.5) is 14.5 Å². The van der Waals surface area contributed by atoms with Crippen molar-refractivity contribution in [2.45, 2.75) is 10.9 Å². The summed E-state index contributed by atoms with van der Waals surface area (Å²) in [6.45, 7) is -0.931. The van der Waals surface area contributed by atoms with Crippen LogP contribution in [-0.4, -0.2) is 31.0 Å². The maximum atomic E-state index is 13.6. The van der Waals surface area contributed by atoms with Gasteiger partial charge in [0.1, 0.15) is 22.9 Å². The lowest BCUT2D eigenvalue weighted by Crippen LogP contribution is -2.30. The van der Waals surface area contributed by atoms with Gasteiger partial charge in [-0.3, -0.25) is 19.5 Å². The van der Waals surface area contributed by atoms with Crippen LogP contribution in [0.1, 0.15) is 22.0 Å². The number of amides is 1. The van der Waals surface area contributed by atoms with Crippen LogP contribution in [0.25, 0.3) is 11.0 Å². The average molecular weight is 468 g/mol. The Morgan fingerprint density at radius 2 is 1.67 bits per heavy atom. The predicted molar refractivity (Wildman–Crippen MR) is 119 cm³/mol. The van der Waals surface area contributed by atoms with E-state index in [1.165, 1.54) is 54.9 Å². The van der Waals surface area contributed by atoms with Crippen LogP contribution in [0.3, 0.4) is 0 Å². The number of anilines is 1. The molecule has 1 aromatic heterocycles. The highest BCUT2D eigenvalue weighted by Gasteiger charge is 2.23. The van der Waals surface area contributed by atoms with E-state index in [0.717, 1.165) is 0 Å². The SMILES string of the molecule is O=C(NC(CF)c1ccc(F)cc1)c1ccccc1NS(=O)(=O)c1cccc2nccnc12. The van der Waals surface area contributed by atoms with Crippen LogP contribution in [0.5, 0.6) is 0 Å². The molecule has 4 rings (SSSR count). The van der Waals surface area contributed by atoms with Crippen molar-refractivity contribution in [1.29, 1.82) is 0 Å². The molecule has 0 fully saturated rings. The lowest BCUT2D eigenvalue weighted by molar-refractivity contribution is 0.0930. The van der Waals surface area contributed by atoms with Crippen molar-refractivity contribution in [1.82, 2.24) is 15.3 Å². The third-order valence-electron chi connectivity index (χ3n) is 4.90. The van der Waals surface area contributed by atoms with E-state index >= 15 is 0 Å². The lowest BCUT2D eigenvalue weighted by atomic mass is 10.1. The summed E-state index contributed by atoms with van der Waals surface area (Å²) < 4.78 is 55.5. The molecule has 33 heavy (non-hydrogen) atoms. The molecule has 2 N–H and O–H groups in total. The second-order valence-electron chi connectivity index (χ2n) is 7.06. The van der Waals surface area contributed by atoms with Gasteiger partial charge in [-0.1, -0.05) is 30.3 Å². The number of nitrogens with one attached hydrogen (secondary N) is 2. The Bertz CT molecular complexity index is 1410. The minimum absolute atomic E-state index is 0.00652. The van der Waals surface area contributed by atoms with Crippen LogP contribution < -0.4 is 10.0 Å². The van der Waals surface area contributed by atoms with E-state index in [0.29, 0.717) is 11.1 Å². The summed E-state index contributed by atoms with van der Waals surface area (Å²) in [7, 11) is -4.14. The standard InChI is InChI=1S/C23H18F2N4O3S/c24-14-20(15-8-10-16(25)11-9-15)28-23(30)17-4-1-2-5-18(17)29-33(31,32)21-7-3-6-19-22(21)27-13-12-26-19/h1-13,20,29H,14H2,(H,28,30). The van der Waals surface area contributed by atoms with E-state index in [1.807, 2.05) is 0 Å². The molecule has 0 aliphatic heterocycles. The predicted octanol–water partition coefficient (Wildman–Crippen LogP) is 4.01. The van der Waals surface area contributed by atoms with E-state index in [-0.39, 0.29) is 21.7 Å². The van der Waals surface area contributed by atoms with Gasteiger partial charge in [-0.15, -0.1) is 0 Å². The molecule has 0 saturated heterocycles. The summed E-state index contributed by atoms with van der Waals surface area (Å²) in [6.07, 6.45) is 2.84. The van der Waals surface area contributed by atoms with Gasteiger partial charge in [0.2, 0.25) is 0 Å². The molecule has 0 aliphatic carbocycles. The topological polar surface area (TPSA) is 101 Å². The van der Waals surface area contributed by atoms with Gasteiger partial charge in [-0.25, -0.2) is 17.2 Å². The van der Waals surface area contributed by atoms with Gasteiger partial charge in [0.25, 0.3) is 15.9 Å². The summed E-state index contributed by atoms with van der Waals surface area (Å²) in [4.78, 5) is 21.0. The van der Waals surface area contributed by atoms with Gasteiger partial charge >= 0.3 is 0 Å². The Balaban J connectivity index is 1.63. The molecule has 1 atom stereocenters. The Kier molecular flexibility index (Phi) is 6.27. The van der Waals surface area contributed by atoms with E-state index < -0.39 is 34.5 Å². The molecule has 0 bridgehead atoms. The van der Waals surface area contributed by atoms with Gasteiger partial charge in [-0.2, -0.15) is 0 Å². The smallest absolute Gasteiger partial charge is 0.264 e. The first-order chi connectivity index (χ1) is 15.9. The number of halogens is 2. The van der Waals surface area contributed by atoms with Gasteiger partial charge in [0, 0.05) is 12.4 Å². The summed E-state index contributed by atoms with van der Waals surface area (Å²) in [5.74, 6) is -1.18. The number of hydrogen-bond acceptors (Lipinski definition) is 5. The minimum atomic E-state index is -4.14. The largest absolute Gasteiger partial charge is 0.343 e. The van der Waals surface area contributed by atoms with Gasteiger partial charge < -0.3 is 5.32 Å². The van der Waals surface area contributed by atoms with Crippen molar-refractivity contribution in [3.8, 4) is 0 Å². The molecule has 1 heterocycles. The molecule has 3 aromatic carbocycles. The molecule has 1 unspecified atom stereocenters. The van der Waals surface area contributed by atoms with E-state index in [4.69, 9.17) is 0 Å². The fraction of sp³-hybridized carbons (Fsp3) is 0.0870. The Morgan fingerprint density at radius 3 is 2.42 bits per heavy atom. The van der Waals surface area contributed by atoms with Crippen molar-refractivity contribution in [2.24, 2.45) is 0 Å². The first-order valence-corrected chi connectivity index (χ1v) is 11.3. The minimum Gasteiger partial charge on any atom is -0.343 e. The quantitative estimate of drug-likeness (QED) is 0.427. The maximum Gasteiger partial charge on any atom is 0.264 e. The molecular weight excluding hydrogens is 450 g/mol. The number of sulfonamides is 1. The zero-order valence-electron chi connectivity index (χ0n) is 17.1. The second kappa shape index (κ2) is 9.29. The lowest BCUT2D eigenvalue weighted by Gasteiger charge is -2.18. The number of carbonyl (C=O) groups is 1. The molecule has 7 nitrogen and oxygen atoms in total. The van der Waals surface area contributed by atoms with Gasteiger partial charge in [-0.05, 0) is 42.0 Å². The van der Waals surface area contributed by atoms with Crippen molar-refractivity contribution < 1.29 is 22.0 Å². The van der Waals surface area contributed by atoms with E-state index in [1.54, 1.807) is 24.3 Å². The van der Waals surface area contributed by atoms with Crippen molar-refractivity contribution in [3.05, 3.63) is 96.1 Å². The normalized spacial score (nSPS) is 12.3. The third-order valence-corrected chi connectivity index (χ3v) is 6.30. The number of nitrogens with zero attached hydrogens (tertiary/aromatic N) is 2. The zero-order valence-corrected chi connectivity index (χ0v) is 17.9. The fourth-order valence-electron chi connectivity index (χ4n) is 3.29. The number of alkyl halides is 1. The highest BCUT2D eigenvalue weighted by Crippen LogP contribution is 2.25. The number of rotatable bonds is 7. The number of benzene rings is 3. The van der Waals surface area contributed by atoms with Crippen LogP contribution in [0.15, 0.2) is 84.0 Å². The fourth-order valence-corrected chi connectivity index (χ4v) is 4.54. The Labute approximate surface area is 188 Å². The number of para-hydroxylation sites is 2. The van der Waals surface area contributed by atoms with Gasteiger partial charge in [0.15, 0.2) is 0 Å². The van der Waals surface area contributed by atoms with Crippen molar-refractivity contribution in [3.63, 3.8) is 0 Å². The first-order valence-electron chi connectivity index (χ1n) is 9.83. The van der Waals surface area contributed by atoms with Crippen LogP contribution in [0, 0.1) is 5.82 Å². The van der Waals surface area contributed by atoms with E-state index in [2.05, 4.69) is 20.0 Å². The molecule has 0 radical (unpaired) electrons. The molecule has 1 amide bonds. The number of fused-ring (bicyclic) bond motifs is 1. The monoisotopic (exact) mass is 468 g/mol. The Morgan fingerprint density at radius 1 is 0.939 bits per heavy atom. The number of hydrogen-bond donors (Lipinski definition) is 2. The molecule has 0 aliphatic rings. The highest BCUT2D eigenvalue weighted by molar-refractivity contribution is 7.93. The molecule has 0 spiro atoms. The number of aromatic nitrogens is 2. The third kappa shape index (κ3) is 4.80.